The van der Waals surface area contributed by atoms with Crippen LogP contribution in [-0.4, -0.2) is 60.7 Å². The molecule has 1 aromatic carbocycles. The van der Waals surface area contributed by atoms with E-state index in [1.165, 1.54) is 6.26 Å². The molecule has 3 rings (SSSR count). The third-order valence-electron chi connectivity index (χ3n) is 4.55. The number of aromatic nitrogens is 1. The first kappa shape index (κ1) is 19.7. The Kier molecular flexibility index (Phi) is 6.41. The van der Waals surface area contributed by atoms with E-state index in [2.05, 4.69) is 20.1 Å². The molecule has 6 nitrogen and oxygen atoms in total. The first-order chi connectivity index (χ1) is 12.9. The zero-order valence-corrected chi connectivity index (χ0v) is 17.0. The lowest BCUT2D eigenvalue weighted by Gasteiger charge is -2.24. The molecule has 1 aliphatic rings. The predicted octanol–water partition coefficient (Wildman–Crippen LogP) is 2.39. The molecule has 8 heteroatoms. The van der Waals surface area contributed by atoms with Gasteiger partial charge < -0.3 is 10.2 Å². The van der Waals surface area contributed by atoms with Gasteiger partial charge in [0.15, 0.2) is 14.9 Å². The molecule has 144 valence electrons. The maximum atomic E-state index is 11.6. The second kappa shape index (κ2) is 8.77. The third-order valence-corrected chi connectivity index (χ3v) is 6.03. The van der Waals surface area contributed by atoms with Crippen LogP contribution in [0.4, 0.5) is 5.69 Å². The zero-order valence-electron chi connectivity index (χ0n) is 15.3. The van der Waals surface area contributed by atoms with Crippen LogP contribution in [0.15, 0.2) is 53.7 Å². The molecule has 0 saturated carbocycles. The molecule has 1 aliphatic heterocycles. The van der Waals surface area contributed by atoms with Crippen LogP contribution in [0.1, 0.15) is 12.0 Å². The molecule has 0 atom stereocenters. The van der Waals surface area contributed by atoms with Crippen molar-refractivity contribution < 1.29 is 8.42 Å². The maximum Gasteiger partial charge on any atom is 0.175 e. The number of anilines is 1. The molecule has 0 spiro atoms. The normalized spacial score (nSPS) is 16.0. The van der Waals surface area contributed by atoms with E-state index in [9.17, 15) is 8.42 Å². The van der Waals surface area contributed by atoms with Crippen molar-refractivity contribution in [3.05, 3.63) is 54.4 Å². The van der Waals surface area contributed by atoms with Crippen LogP contribution >= 0.6 is 12.2 Å². The minimum atomic E-state index is -3.15. The van der Waals surface area contributed by atoms with Crippen LogP contribution in [0, 0.1) is 0 Å². The van der Waals surface area contributed by atoms with Crippen LogP contribution in [0.25, 0.3) is 0 Å². The van der Waals surface area contributed by atoms with Gasteiger partial charge in [0, 0.05) is 45.2 Å². The Balaban J connectivity index is 1.54. The van der Waals surface area contributed by atoms with Gasteiger partial charge in [-0.1, -0.05) is 12.1 Å². The minimum Gasteiger partial charge on any atom is -0.348 e. The van der Waals surface area contributed by atoms with E-state index in [0.29, 0.717) is 4.90 Å². The van der Waals surface area contributed by atoms with Gasteiger partial charge in [0.25, 0.3) is 0 Å². The maximum absolute atomic E-state index is 11.6. The Labute approximate surface area is 166 Å². The average molecular weight is 405 g/mol. The van der Waals surface area contributed by atoms with Gasteiger partial charge in [-0.15, -0.1) is 0 Å². The van der Waals surface area contributed by atoms with E-state index in [1.807, 2.05) is 24.3 Å². The average Bonchev–Trinajstić information content (AvgIpc) is 2.88. The van der Waals surface area contributed by atoms with Crippen molar-refractivity contribution in [3.63, 3.8) is 0 Å². The fraction of sp³-hybridized carbons (Fsp3) is 0.368. The fourth-order valence-electron chi connectivity index (χ4n) is 3.07. The molecule has 0 bridgehead atoms. The largest absolute Gasteiger partial charge is 0.348 e. The quantitative estimate of drug-likeness (QED) is 0.785. The van der Waals surface area contributed by atoms with Gasteiger partial charge >= 0.3 is 0 Å². The molecular weight excluding hydrogens is 380 g/mol. The molecule has 1 saturated heterocycles. The lowest BCUT2D eigenvalue weighted by atomic mass is 10.2. The van der Waals surface area contributed by atoms with Gasteiger partial charge in [0.1, 0.15) is 0 Å². The van der Waals surface area contributed by atoms with Gasteiger partial charge in [-0.05, 0) is 48.5 Å². The highest BCUT2D eigenvalue weighted by molar-refractivity contribution is 7.90. The summed E-state index contributed by atoms with van der Waals surface area (Å²) in [5.74, 6) is 0. The summed E-state index contributed by atoms with van der Waals surface area (Å²) in [6.45, 7) is 4.46. The Bertz CT molecular complexity index is 870. The number of pyridine rings is 1. The summed E-state index contributed by atoms with van der Waals surface area (Å²) in [6, 6.07) is 11.0. The van der Waals surface area contributed by atoms with E-state index in [4.69, 9.17) is 12.2 Å². The SMILES string of the molecule is CS(=O)(=O)c1ccc(CN2CCCN(C(=S)Nc3cccnc3)CC2)cc1. The summed E-state index contributed by atoms with van der Waals surface area (Å²) < 4.78 is 23.1. The van der Waals surface area contributed by atoms with Gasteiger partial charge in [-0.25, -0.2) is 8.42 Å². The van der Waals surface area contributed by atoms with Gasteiger partial charge in [0.2, 0.25) is 0 Å². The molecule has 0 radical (unpaired) electrons. The molecule has 0 unspecified atom stereocenters. The number of rotatable bonds is 4. The molecule has 1 fully saturated rings. The number of nitrogens with one attached hydrogen (secondary N) is 1. The highest BCUT2D eigenvalue weighted by Crippen LogP contribution is 2.14. The van der Waals surface area contributed by atoms with Crippen molar-refractivity contribution >= 4 is 32.9 Å². The smallest absolute Gasteiger partial charge is 0.175 e. The van der Waals surface area contributed by atoms with Gasteiger partial charge in [0.05, 0.1) is 16.8 Å². The summed E-state index contributed by atoms with van der Waals surface area (Å²) in [7, 11) is -3.15. The number of hydrogen-bond acceptors (Lipinski definition) is 5. The monoisotopic (exact) mass is 404 g/mol. The van der Waals surface area contributed by atoms with Crippen molar-refractivity contribution in [1.29, 1.82) is 0 Å². The minimum absolute atomic E-state index is 0.361. The molecule has 1 N–H and O–H groups in total. The first-order valence-corrected chi connectivity index (χ1v) is 11.2. The molecular formula is C19H24N4O2S2. The van der Waals surface area contributed by atoms with E-state index in [0.717, 1.165) is 55.5 Å². The van der Waals surface area contributed by atoms with Crippen LogP contribution in [0.5, 0.6) is 0 Å². The number of sulfone groups is 1. The number of benzene rings is 1. The third kappa shape index (κ3) is 5.72. The van der Waals surface area contributed by atoms with Crippen molar-refractivity contribution in [3.8, 4) is 0 Å². The first-order valence-electron chi connectivity index (χ1n) is 8.89. The highest BCUT2D eigenvalue weighted by atomic mass is 32.2. The van der Waals surface area contributed by atoms with Crippen LogP contribution in [0.2, 0.25) is 0 Å². The Morgan fingerprint density at radius 2 is 1.93 bits per heavy atom. The number of hydrogen-bond donors (Lipinski definition) is 1. The standard InChI is InChI=1S/C19H24N4O2S2/c1-27(24,25)18-7-5-16(6-8-18)15-22-10-3-11-23(13-12-22)19(26)21-17-4-2-9-20-14-17/h2,4-9,14H,3,10-13,15H2,1H3,(H,21,26). The molecule has 1 aromatic heterocycles. The van der Waals surface area contributed by atoms with Crippen LogP contribution in [-0.2, 0) is 16.4 Å². The molecule has 2 heterocycles. The Morgan fingerprint density at radius 3 is 2.59 bits per heavy atom. The van der Waals surface area contributed by atoms with Crippen LogP contribution in [0.3, 0.4) is 0 Å². The zero-order chi connectivity index (χ0) is 19.3. The van der Waals surface area contributed by atoms with E-state index < -0.39 is 9.84 Å². The number of nitrogens with zero attached hydrogens (tertiary/aromatic N) is 3. The fourth-order valence-corrected chi connectivity index (χ4v) is 4.00. The van der Waals surface area contributed by atoms with Crippen LogP contribution < -0.4 is 5.32 Å². The van der Waals surface area contributed by atoms with Crippen molar-refractivity contribution in [2.75, 3.05) is 37.8 Å². The lowest BCUT2D eigenvalue weighted by Crippen LogP contribution is -2.37. The van der Waals surface area contributed by atoms with E-state index in [-0.39, 0.29) is 0 Å². The molecule has 0 amide bonds. The summed E-state index contributed by atoms with van der Waals surface area (Å²) >= 11 is 5.55. The summed E-state index contributed by atoms with van der Waals surface area (Å²) in [4.78, 5) is 9.02. The van der Waals surface area contributed by atoms with Crippen molar-refractivity contribution in [1.82, 2.24) is 14.8 Å². The number of thiocarbonyl (C=S) groups is 1. The van der Waals surface area contributed by atoms with Gasteiger partial charge in [-0.2, -0.15) is 0 Å². The lowest BCUT2D eigenvalue weighted by molar-refractivity contribution is 0.278. The summed E-state index contributed by atoms with van der Waals surface area (Å²) in [6.07, 6.45) is 5.75. The predicted molar refractivity (Wildman–Crippen MR) is 111 cm³/mol. The second-order valence-corrected chi connectivity index (χ2v) is 9.11. The summed E-state index contributed by atoms with van der Waals surface area (Å²) in [5.41, 5.74) is 2.02. The molecule has 27 heavy (non-hydrogen) atoms. The Hall–Kier alpha value is -2.03. The highest BCUT2D eigenvalue weighted by Gasteiger charge is 2.17. The Morgan fingerprint density at radius 1 is 1.15 bits per heavy atom. The molecule has 2 aromatic rings. The summed E-state index contributed by atoms with van der Waals surface area (Å²) in [5, 5.41) is 3.97. The van der Waals surface area contributed by atoms with Gasteiger partial charge in [-0.3, -0.25) is 9.88 Å². The van der Waals surface area contributed by atoms with Crippen molar-refractivity contribution in [2.24, 2.45) is 0 Å². The molecule has 0 aliphatic carbocycles. The second-order valence-electron chi connectivity index (χ2n) is 6.70. The van der Waals surface area contributed by atoms with E-state index in [1.54, 1.807) is 24.5 Å². The van der Waals surface area contributed by atoms with Crippen molar-refractivity contribution in [2.45, 2.75) is 17.9 Å². The topological polar surface area (TPSA) is 65.5 Å². The van der Waals surface area contributed by atoms with E-state index >= 15 is 0 Å².